The van der Waals surface area contributed by atoms with Crippen molar-refractivity contribution in [2.75, 3.05) is 13.1 Å². The van der Waals surface area contributed by atoms with Crippen LogP contribution in [-0.2, 0) is 4.79 Å². The molecule has 1 amide bonds. The molecule has 0 aromatic carbocycles. The monoisotopic (exact) mass is 183 g/mol. The van der Waals surface area contributed by atoms with E-state index in [0.717, 1.165) is 25.4 Å². The molecule has 1 saturated carbocycles. The number of rotatable bonds is 1. The molecule has 0 N–H and O–H groups in total. The molecule has 2 heteroatoms. The van der Waals surface area contributed by atoms with E-state index in [9.17, 15) is 4.79 Å². The van der Waals surface area contributed by atoms with E-state index in [2.05, 4.69) is 6.92 Å². The molecule has 76 valence electrons. The van der Waals surface area contributed by atoms with Crippen molar-refractivity contribution in [2.24, 2.45) is 11.8 Å². The number of carbonyl (C=O) groups excluding carboxylic acids is 1. The van der Waals surface area contributed by atoms with E-state index < -0.39 is 0 Å². The molecule has 2 fully saturated rings. The standard InChI is InChI=1S/C9H15NO.C2H6/c1-2-10-6-7-3-4-8(5-7)9(10)11;1-2/h7-8H,2-6H2,1H3;1-2H3. The van der Waals surface area contributed by atoms with Crippen LogP contribution in [0.4, 0.5) is 0 Å². The Bertz CT molecular complexity index is 179. The van der Waals surface area contributed by atoms with E-state index >= 15 is 0 Å². The van der Waals surface area contributed by atoms with Crippen molar-refractivity contribution in [3.63, 3.8) is 0 Å². The van der Waals surface area contributed by atoms with Crippen molar-refractivity contribution >= 4 is 5.91 Å². The van der Waals surface area contributed by atoms with Crippen molar-refractivity contribution < 1.29 is 4.79 Å². The zero-order chi connectivity index (χ0) is 9.84. The molecule has 0 spiro atoms. The molecule has 13 heavy (non-hydrogen) atoms. The number of piperidine rings is 1. The summed E-state index contributed by atoms with van der Waals surface area (Å²) >= 11 is 0. The Morgan fingerprint density at radius 2 is 2.08 bits per heavy atom. The van der Waals surface area contributed by atoms with Gasteiger partial charge in [0.25, 0.3) is 0 Å². The highest BCUT2D eigenvalue weighted by Gasteiger charge is 2.38. The van der Waals surface area contributed by atoms with Gasteiger partial charge in [0.1, 0.15) is 0 Å². The maximum absolute atomic E-state index is 11.5. The molecule has 2 unspecified atom stereocenters. The predicted octanol–water partition coefficient (Wildman–Crippen LogP) is 2.29. The Balaban J connectivity index is 0.000000396. The van der Waals surface area contributed by atoms with Crippen LogP contribution in [0.5, 0.6) is 0 Å². The lowest BCUT2D eigenvalue weighted by Gasteiger charge is -2.30. The van der Waals surface area contributed by atoms with Crippen molar-refractivity contribution in [3.8, 4) is 0 Å². The largest absolute Gasteiger partial charge is 0.342 e. The van der Waals surface area contributed by atoms with Crippen LogP contribution in [0.25, 0.3) is 0 Å². The molecule has 2 rings (SSSR count). The van der Waals surface area contributed by atoms with Crippen LogP contribution in [0.15, 0.2) is 0 Å². The highest BCUT2D eigenvalue weighted by molar-refractivity contribution is 5.80. The van der Waals surface area contributed by atoms with E-state index in [1.807, 2.05) is 18.7 Å². The molecule has 0 aromatic rings. The van der Waals surface area contributed by atoms with Gasteiger partial charge in [0.2, 0.25) is 5.91 Å². The topological polar surface area (TPSA) is 20.3 Å². The van der Waals surface area contributed by atoms with Crippen molar-refractivity contribution in [2.45, 2.75) is 40.0 Å². The Kier molecular flexibility index (Phi) is 3.76. The van der Waals surface area contributed by atoms with Gasteiger partial charge in [-0.3, -0.25) is 4.79 Å². The number of amides is 1. The van der Waals surface area contributed by atoms with E-state index in [1.54, 1.807) is 0 Å². The first-order valence-corrected chi connectivity index (χ1v) is 5.60. The fourth-order valence-electron chi connectivity index (χ4n) is 2.41. The maximum Gasteiger partial charge on any atom is 0.225 e. The summed E-state index contributed by atoms with van der Waals surface area (Å²) in [6, 6.07) is 0. The van der Waals surface area contributed by atoms with Gasteiger partial charge in [0, 0.05) is 19.0 Å². The number of nitrogens with zero attached hydrogens (tertiary/aromatic N) is 1. The van der Waals surface area contributed by atoms with Gasteiger partial charge in [-0.15, -0.1) is 0 Å². The molecular weight excluding hydrogens is 162 g/mol. The number of carbonyl (C=O) groups is 1. The fraction of sp³-hybridized carbons (Fsp3) is 0.909. The van der Waals surface area contributed by atoms with Crippen LogP contribution in [-0.4, -0.2) is 23.9 Å². The Morgan fingerprint density at radius 3 is 2.69 bits per heavy atom. The molecule has 1 aliphatic heterocycles. The van der Waals surface area contributed by atoms with Gasteiger partial charge in [-0.05, 0) is 32.1 Å². The normalized spacial score (nSPS) is 31.3. The van der Waals surface area contributed by atoms with Crippen molar-refractivity contribution in [1.82, 2.24) is 4.90 Å². The lowest BCUT2D eigenvalue weighted by atomic mass is 9.98. The van der Waals surface area contributed by atoms with Crippen LogP contribution in [0.2, 0.25) is 0 Å². The first kappa shape index (κ1) is 10.6. The zero-order valence-corrected chi connectivity index (χ0v) is 9.05. The van der Waals surface area contributed by atoms with Gasteiger partial charge < -0.3 is 4.90 Å². The summed E-state index contributed by atoms with van der Waals surface area (Å²) in [5.41, 5.74) is 0. The molecule has 0 radical (unpaired) electrons. The molecule has 2 bridgehead atoms. The minimum Gasteiger partial charge on any atom is -0.342 e. The Morgan fingerprint density at radius 1 is 1.38 bits per heavy atom. The summed E-state index contributed by atoms with van der Waals surface area (Å²) in [5.74, 6) is 1.65. The van der Waals surface area contributed by atoms with E-state index in [-0.39, 0.29) is 0 Å². The molecular formula is C11H21NO. The first-order valence-electron chi connectivity index (χ1n) is 5.60. The van der Waals surface area contributed by atoms with E-state index in [0.29, 0.717) is 11.8 Å². The van der Waals surface area contributed by atoms with Gasteiger partial charge in [0.15, 0.2) is 0 Å². The second kappa shape index (κ2) is 4.64. The molecule has 1 aliphatic carbocycles. The highest BCUT2D eigenvalue weighted by atomic mass is 16.2. The fourth-order valence-corrected chi connectivity index (χ4v) is 2.41. The van der Waals surface area contributed by atoms with Gasteiger partial charge in [-0.25, -0.2) is 0 Å². The van der Waals surface area contributed by atoms with E-state index in [1.165, 1.54) is 12.8 Å². The van der Waals surface area contributed by atoms with Crippen LogP contribution < -0.4 is 0 Å². The quantitative estimate of drug-likeness (QED) is 0.611. The third-order valence-electron chi connectivity index (χ3n) is 3.06. The van der Waals surface area contributed by atoms with Crippen LogP contribution in [0, 0.1) is 11.8 Å². The third kappa shape index (κ3) is 2.04. The highest BCUT2D eigenvalue weighted by Crippen LogP contribution is 2.36. The summed E-state index contributed by atoms with van der Waals surface area (Å²) in [7, 11) is 0. The minimum atomic E-state index is 0.397. The molecule has 2 aliphatic rings. The maximum atomic E-state index is 11.5. The molecule has 0 aromatic heterocycles. The number of hydrogen-bond acceptors (Lipinski definition) is 1. The lowest BCUT2D eigenvalue weighted by Crippen LogP contribution is -2.41. The number of hydrogen-bond donors (Lipinski definition) is 0. The smallest absolute Gasteiger partial charge is 0.225 e. The lowest BCUT2D eigenvalue weighted by molar-refractivity contribution is -0.137. The summed E-state index contributed by atoms with van der Waals surface area (Å²) in [5, 5.41) is 0. The van der Waals surface area contributed by atoms with Gasteiger partial charge in [-0.1, -0.05) is 13.8 Å². The summed E-state index contributed by atoms with van der Waals surface area (Å²) < 4.78 is 0. The molecule has 1 heterocycles. The van der Waals surface area contributed by atoms with Gasteiger partial charge >= 0.3 is 0 Å². The van der Waals surface area contributed by atoms with Crippen LogP contribution in [0.1, 0.15) is 40.0 Å². The zero-order valence-electron chi connectivity index (χ0n) is 9.05. The second-order valence-electron chi connectivity index (χ2n) is 3.75. The summed E-state index contributed by atoms with van der Waals surface area (Å²) in [6.45, 7) is 8.01. The summed E-state index contributed by atoms with van der Waals surface area (Å²) in [6.07, 6.45) is 3.61. The average Bonchev–Trinajstić information content (AvgIpc) is 2.59. The Labute approximate surface area is 81.3 Å². The third-order valence-corrected chi connectivity index (χ3v) is 3.06. The number of likely N-dealkylation sites (tertiary alicyclic amines) is 1. The predicted molar refractivity (Wildman–Crippen MR) is 54.4 cm³/mol. The second-order valence-corrected chi connectivity index (χ2v) is 3.75. The first-order chi connectivity index (χ1) is 6.31. The minimum absolute atomic E-state index is 0.397. The molecule has 1 saturated heterocycles. The van der Waals surface area contributed by atoms with Crippen molar-refractivity contribution in [1.29, 1.82) is 0 Å². The molecule has 2 nitrogen and oxygen atoms in total. The van der Waals surface area contributed by atoms with Crippen molar-refractivity contribution in [3.05, 3.63) is 0 Å². The van der Waals surface area contributed by atoms with Gasteiger partial charge in [-0.2, -0.15) is 0 Å². The van der Waals surface area contributed by atoms with Gasteiger partial charge in [0.05, 0.1) is 0 Å². The SMILES string of the molecule is CC.CCN1CC2CCC(C2)C1=O. The molecule has 2 atom stereocenters. The van der Waals surface area contributed by atoms with Crippen LogP contribution in [0.3, 0.4) is 0 Å². The summed E-state index contributed by atoms with van der Waals surface area (Å²) in [4.78, 5) is 13.6. The average molecular weight is 183 g/mol. The Hall–Kier alpha value is -0.530. The number of fused-ring (bicyclic) bond motifs is 2. The van der Waals surface area contributed by atoms with Crippen LogP contribution >= 0.6 is 0 Å². The van der Waals surface area contributed by atoms with E-state index in [4.69, 9.17) is 0 Å².